The molecule has 1 heterocycles. The molecule has 1 aromatic carbocycles. The minimum absolute atomic E-state index is 0.0565. The van der Waals surface area contributed by atoms with Gasteiger partial charge >= 0.3 is 0 Å². The van der Waals surface area contributed by atoms with Crippen molar-refractivity contribution in [3.8, 4) is 0 Å². The highest BCUT2D eigenvalue weighted by atomic mass is 14.8. The quantitative estimate of drug-likeness (QED) is 0.669. The first kappa shape index (κ1) is 8.97. The van der Waals surface area contributed by atoms with E-state index in [2.05, 4.69) is 4.98 Å². The number of para-hydroxylation sites is 1. The fraction of sp³-hybridized carbons (Fsp3) is 0.182. The summed E-state index contributed by atoms with van der Waals surface area (Å²) in [5.41, 5.74) is 14.0. The van der Waals surface area contributed by atoms with Crippen LogP contribution >= 0.6 is 0 Å². The van der Waals surface area contributed by atoms with Gasteiger partial charge in [-0.3, -0.25) is 0 Å². The zero-order valence-electron chi connectivity index (χ0n) is 8.07. The molecule has 1 aromatic heterocycles. The molecule has 2 rings (SSSR count). The van der Waals surface area contributed by atoms with Crippen LogP contribution in [0.15, 0.2) is 30.3 Å². The predicted molar refractivity (Wildman–Crippen MR) is 58.8 cm³/mol. The average Bonchev–Trinajstić information content (AvgIpc) is 2.18. The highest BCUT2D eigenvalue weighted by molar-refractivity contribution is 5.89. The van der Waals surface area contributed by atoms with Crippen molar-refractivity contribution in [3.05, 3.63) is 36.0 Å². The van der Waals surface area contributed by atoms with Gasteiger partial charge in [0.25, 0.3) is 0 Å². The standard InChI is InChI=1S/C11H13N3/c1-7(12)10-6-5-8-3-2-4-9(13)11(8)14-10/h2-7H,12-13H2,1H3/t7-/m1/s1. The number of anilines is 1. The molecule has 4 N–H and O–H groups in total. The average molecular weight is 187 g/mol. The Labute approximate surface area is 82.7 Å². The second kappa shape index (κ2) is 3.27. The molecule has 0 unspecified atom stereocenters. The van der Waals surface area contributed by atoms with Crippen LogP contribution in [0.3, 0.4) is 0 Å². The molecular weight excluding hydrogens is 174 g/mol. The van der Waals surface area contributed by atoms with E-state index in [0.29, 0.717) is 5.69 Å². The third-order valence-electron chi connectivity index (χ3n) is 2.24. The van der Waals surface area contributed by atoms with E-state index in [4.69, 9.17) is 11.5 Å². The predicted octanol–water partition coefficient (Wildman–Crippen LogP) is 1.84. The number of nitrogens with two attached hydrogens (primary N) is 2. The zero-order chi connectivity index (χ0) is 10.1. The van der Waals surface area contributed by atoms with Crippen LogP contribution in [0.4, 0.5) is 5.69 Å². The summed E-state index contributed by atoms with van der Waals surface area (Å²) in [7, 11) is 0. The third kappa shape index (κ3) is 1.42. The molecule has 3 nitrogen and oxygen atoms in total. The Morgan fingerprint density at radius 1 is 1.21 bits per heavy atom. The van der Waals surface area contributed by atoms with E-state index in [-0.39, 0.29) is 6.04 Å². The summed E-state index contributed by atoms with van der Waals surface area (Å²) < 4.78 is 0. The molecule has 14 heavy (non-hydrogen) atoms. The second-order valence-electron chi connectivity index (χ2n) is 3.44. The molecule has 0 fully saturated rings. The van der Waals surface area contributed by atoms with E-state index < -0.39 is 0 Å². The van der Waals surface area contributed by atoms with Crippen molar-refractivity contribution in [1.82, 2.24) is 4.98 Å². The SMILES string of the molecule is C[C@@H](N)c1ccc2cccc(N)c2n1. The minimum atomic E-state index is -0.0565. The van der Waals surface area contributed by atoms with Crippen molar-refractivity contribution in [1.29, 1.82) is 0 Å². The molecule has 0 aliphatic carbocycles. The Morgan fingerprint density at radius 3 is 2.71 bits per heavy atom. The van der Waals surface area contributed by atoms with Crippen LogP contribution < -0.4 is 11.5 Å². The lowest BCUT2D eigenvalue weighted by Crippen LogP contribution is -2.07. The van der Waals surface area contributed by atoms with Crippen LogP contribution in [0.5, 0.6) is 0 Å². The van der Waals surface area contributed by atoms with E-state index >= 15 is 0 Å². The van der Waals surface area contributed by atoms with Gasteiger partial charge in [0.15, 0.2) is 0 Å². The van der Waals surface area contributed by atoms with Gasteiger partial charge in [0, 0.05) is 11.4 Å². The third-order valence-corrected chi connectivity index (χ3v) is 2.24. The van der Waals surface area contributed by atoms with Crippen LogP contribution in [0.2, 0.25) is 0 Å². The number of nitrogens with zero attached hydrogens (tertiary/aromatic N) is 1. The van der Waals surface area contributed by atoms with E-state index in [9.17, 15) is 0 Å². The summed E-state index contributed by atoms with van der Waals surface area (Å²) in [6.07, 6.45) is 0. The number of aromatic nitrogens is 1. The number of fused-ring (bicyclic) bond motifs is 1. The molecular formula is C11H13N3. The van der Waals surface area contributed by atoms with E-state index in [1.165, 1.54) is 0 Å². The summed E-state index contributed by atoms with van der Waals surface area (Å²) in [5.74, 6) is 0. The molecule has 0 bridgehead atoms. The Bertz CT molecular complexity index is 463. The number of hydrogen-bond acceptors (Lipinski definition) is 3. The fourth-order valence-electron chi connectivity index (χ4n) is 1.44. The molecule has 0 saturated heterocycles. The second-order valence-corrected chi connectivity index (χ2v) is 3.44. The molecule has 0 amide bonds. The summed E-state index contributed by atoms with van der Waals surface area (Å²) in [6.45, 7) is 1.91. The van der Waals surface area contributed by atoms with Crippen molar-refractivity contribution in [2.24, 2.45) is 5.73 Å². The first-order valence-corrected chi connectivity index (χ1v) is 4.59. The molecule has 0 aliphatic rings. The summed E-state index contributed by atoms with van der Waals surface area (Å²) in [6, 6.07) is 9.64. The van der Waals surface area contributed by atoms with Gasteiger partial charge in [-0.15, -0.1) is 0 Å². The van der Waals surface area contributed by atoms with Crippen molar-refractivity contribution < 1.29 is 0 Å². The smallest absolute Gasteiger partial charge is 0.0935 e. The fourth-order valence-corrected chi connectivity index (χ4v) is 1.44. The van der Waals surface area contributed by atoms with Crippen molar-refractivity contribution in [3.63, 3.8) is 0 Å². The topological polar surface area (TPSA) is 64.9 Å². The maximum absolute atomic E-state index is 5.82. The van der Waals surface area contributed by atoms with Gasteiger partial charge in [0.2, 0.25) is 0 Å². The highest BCUT2D eigenvalue weighted by Crippen LogP contribution is 2.20. The maximum Gasteiger partial charge on any atom is 0.0935 e. The van der Waals surface area contributed by atoms with Crippen LogP contribution in [0.25, 0.3) is 10.9 Å². The molecule has 2 aromatic rings. The van der Waals surface area contributed by atoms with E-state index in [0.717, 1.165) is 16.6 Å². The summed E-state index contributed by atoms with van der Waals surface area (Å²) >= 11 is 0. The molecule has 0 saturated carbocycles. The number of hydrogen-bond donors (Lipinski definition) is 2. The molecule has 0 spiro atoms. The summed E-state index contributed by atoms with van der Waals surface area (Å²) in [5, 5.41) is 1.05. The lowest BCUT2D eigenvalue weighted by atomic mass is 10.1. The molecule has 1 atom stereocenters. The molecule has 0 radical (unpaired) electrons. The number of rotatable bonds is 1. The van der Waals surface area contributed by atoms with Gasteiger partial charge < -0.3 is 11.5 Å². The minimum Gasteiger partial charge on any atom is -0.397 e. The van der Waals surface area contributed by atoms with Crippen molar-refractivity contribution in [2.45, 2.75) is 13.0 Å². The van der Waals surface area contributed by atoms with Crippen molar-refractivity contribution >= 4 is 16.6 Å². The monoisotopic (exact) mass is 187 g/mol. The van der Waals surface area contributed by atoms with Gasteiger partial charge in [-0.2, -0.15) is 0 Å². The Hall–Kier alpha value is -1.61. The number of pyridine rings is 1. The Balaban J connectivity index is 2.70. The number of benzene rings is 1. The molecule has 0 aliphatic heterocycles. The van der Waals surface area contributed by atoms with Gasteiger partial charge in [0.05, 0.1) is 16.9 Å². The first-order chi connectivity index (χ1) is 6.68. The van der Waals surface area contributed by atoms with Crippen LogP contribution in [-0.2, 0) is 0 Å². The van der Waals surface area contributed by atoms with Crippen LogP contribution in [0.1, 0.15) is 18.7 Å². The van der Waals surface area contributed by atoms with Gasteiger partial charge in [-0.25, -0.2) is 4.98 Å². The maximum atomic E-state index is 5.82. The van der Waals surface area contributed by atoms with E-state index in [1.807, 2.05) is 37.3 Å². The highest BCUT2D eigenvalue weighted by Gasteiger charge is 2.03. The Kier molecular flexibility index (Phi) is 2.09. The Morgan fingerprint density at radius 2 is 2.00 bits per heavy atom. The largest absolute Gasteiger partial charge is 0.397 e. The number of nitrogen functional groups attached to an aromatic ring is 1. The van der Waals surface area contributed by atoms with E-state index in [1.54, 1.807) is 0 Å². The zero-order valence-corrected chi connectivity index (χ0v) is 8.07. The van der Waals surface area contributed by atoms with Gasteiger partial charge in [0.1, 0.15) is 0 Å². The van der Waals surface area contributed by atoms with Crippen LogP contribution in [-0.4, -0.2) is 4.98 Å². The summed E-state index contributed by atoms with van der Waals surface area (Å²) in [4.78, 5) is 4.42. The lowest BCUT2D eigenvalue weighted by molar-refractivity contribution is 0.787. The van der Waals surface area contributed by atoms with Gasteiger partial charge in [-0.05, 0) is 19.1 Å². The molecule has 3 heteroatoms. The molecule has 72 valence electrons. The van der Waals surface area contributed by atoms with Gasteiger partial charge in [-0.1, -0.05) is 18.2 Å². The van der Waals surface area contributed by atoms with Crippen molar-refractivity contribution in [2.75, 3.05) is 5.73 Å². The van der Waals surface area contributed by atoms with Crippen LogP contribution in [0, 0.1) is 0 Å². The first-order valence-electron chi connectivity index (χ1n) is 4.59. The lowest BCUT2D eigenvalue weighted by Gasteiger charge is -2.07. The normalized spacial score (nSPS) is 13.0.